The fraction of sp³-hybridized carbons (Fsp3) is 0.647. The molecule has 2 rings (SSSR count). The van der Waals surface area contributed by atoms with Crippen LogP contribution in [0.5, 0.6) is 5.75 Å². The van der Waals surface area contributed by atoms with Crippen molar-refractivity contribution in [3.05, 3.63) is 29.3 Å². The molecular weight excluding hydrogens is 248 g/mol. The van der Waals surface area contributed by atoms with Gasteiger partial charge in [-0.15, -0.1) is 0 Å². The summed E-state index contributed by atoms with van der Waals surface area (Å²) in [6.07, 6.45) is 5.19. The Bertz CT molecular complexity index is 445. The molecule has 1 saturated carbocycles. The number of nitrogens with zero attached hydrogens (tertiary/aromatic N) is 2. The summed E-state index contributed by atoms with van der Waals surface area (Å²) in [4.78, 5) is 4.77. The number of aromatic hydroxyl groups is 1. The Balaban J connectivity index is 2.10. The number of hydrogen-bond acceptors (Lipinski definition) is 3. The lowest BCUT2D eigenvalue weighted by Gasteiger charge is -2.41. The third kappa shape index (κ3) is 3.33. The molecule has 0 saturated heterocycles. The highest BCUT2D eigenvalue weighted by Crippen LogP contribution is 2.28. The summed E-state index contributed by atoms with van der Waals surface area (Å²) < 4.78 is 0. The van der Waals surface area contributed by atoms with Crippen molar-refractivity contribution in [2.45, 2.75) is 51.2 Å². The van der Waals surface area contributed by atoms with Crippen LogP contribution in [0.15, 0.2) is 18.2 Å². The topological polar surface area (TPSA) is 26.7 Å². The monoisotopic (exact) mass is 276 g/mol. The summed E-state index contributed by atoms with van der Waals surface area (Å²) in [5.74, 6) is 0.455. The second-order valence-corrected chi connectivity index (χ2v) is 6.38. The first-order chi connectivity index (χ1) is 9.50. The van der Waals surface area contributed by atoms with Crippen LogP contribution < -0.4 is 0 Å². The van der Waals surface area contributed by atoms with E-state index < -0.39 is 0 Å². The normalized spacial score (nSPS) is 23.5. The SMILES string of the molecule is Cc1cccc(CN(C)C2CCCCC2N(C)C)c1O. The summed E-state index contributed by atoms with van der Waals surface area (Å²) in [5.41, 5.74) is 2.00. The van der Waals surface area contributed by atoms with Gasteiger partial charge in [-0.3, -0.25) is 4.90 Å². The maximum atomic E-state index is 10.2. The van der Waals surface area contributed by atoms with Crippen molar-refractivity contribution in [2.75, 3.05) is 21.1 Å². The Morgan fingerprint density at radius 2 is 1.75 bits per heavy atom. The highest BCUT2D eigenvalue weighted by molar-refractivity contribution is 5.39. The molecule has 1 aliphatic carbocycles. The second-order valence-electron chi connectivity index (χ2n) is 6.38. The number of likely N-dealkylation sites (N-methyl/N-ethyl adjacent to an activating group) is 2. The quantitative estimate of drug-likeness (QED) is 0.916. The van der Waals surface area contributed by atoms with Crippen molar-refractivity contribution in [3.8, 4) is 5.75 Å². The summed E-state index contributed by atoms with van der Waals surface area (Å²) >= 11 is 0. The van der Waals surface area contributed by atoms with Gasteiger partial charge in [-0.1, -0.05) is 31.0 Å². The Kier molecular flexibility index (Phi) is 5.06. The van der Waals surface area contributed by atoms with Crippen LogP contribution in [0.2, 0.25) is 0 Å². The van der Waals surface area contributed by atoms with Crippen LogP contribution in [0.1, 0.15) is 36.8 Å². The predicted molar refractivity (Wildman–Crippen MR) is 84.0 cm³/mol. The molecule has 1 aromatic rings. The molecule has 2 atom stereocenters. The Hall–Kier alpha value is -1.06. The molecule has 0 aromatic heterocycles. The van der Waals surface area contributed by atoms with Crippen molar-refractivity contribution in [2.24, 2.45) is 0 Å². The molecule has 1 N–H and O–H groups in total. The molecule has 0 radical (unpaired) electrons. The van der Waals surface area contributed by atoms with Crippen molar-refractivity contribution >= 4 is 0 Å². The van der Waals surface area contributed by atoms with E-state index in [1.165, 1.54) is 25.7 Å². The molecular formula is C17H28N2O. The van der Waals surface area contributed by atoms with Crippen molar-refractivity contribution < 1.29 is 5.11 Å². The van der Waals surface area contributed by atoms with Crippen LogP contribution in [0.4, 0.5) is 0 Å². The molecule has 3 nitrogen and oxygen atoms in total. The smallest absolute Gasteiger partial charge is 0.122 e. The lowest BCUT2D eigenvalue weighted by molar-refractivity contribution is 0.0872. The fourth-order valence-electron chi connectivity index (χ4n) is 3.44. The van der Waals surface area contributed by atoms with Crippen LogP contribution in [-0.4, -0.2) is 48.1 Å². The van der Waals surface area contributed by atoms with Crippen molar-refractivity contribution in [1.29, 1.82) is 0 Å². The Morgan fingerprint density at radius 3 is 2.40 bits per heavy atom. The predicted octanol–water partition coefficient (Wildman–Crippen LogP) is 3.01. The third-order valence-electron chi connectivity index (χ3n) is 4.66. The molecule has 3 heteroatoms. The summed E-state index contributed by atoms with van der Waals surface area (Å²) in [6, 6.07) is 7.23. The minimum absolute atomic E-state index is 0.455. The molecule has 112 valence electrons. The number of benzene rings is 1. The van der Waals surface area contributed by atoms with E-state index >= 15 is 0 Å². The van der Waals surface area contributed by atoms with Gasteiger partial charge in [0.1, 0.15) is 5.75 Å². The first-order valence-corrected chi connectivity index (χ1v) is 7.65. The summed E-state index contributed by atoms with van der Waals surface area (Å²) in [5, 5.41) is 10.2. The van der Waals surface area contributed by atoms with Crippen LogP contribution in [0.3, 0.4) is 0 Å². The zero-order valence-electron chi connectivity index (χ0n) is 13.3. The highest BCUT2D eigenvalue weighted by atomic mass is 16.3. The van der Waals surface area contributed by atoms with E-state index in [2.05, 4.69) is 30.9 Å². The number of aryl methyl sites for hydroxylation is 1. The van der Waals surface area contributed by atoms with E-state index in [1.807, 2.05) is 25.1 Å². The zero-order chi connectivity index (χ0) is 14.7. The number of phenols is 1. The largest absolute Gasteiger partial charge is 0.507 e. The first kappa shape index (κ1) is 15.3. The lowest BCUT2D eigenvalue weighted by Crippen LogP contribution is -2.49. The van der Waals surface area contributed by atoms with E-state index in [-0.39, 0.29) is 0 Å². The summed E-state index contributed by atoms with van der Waals surface area (Å²) in [7, 11) is 6.55. The lowest BCUT2D eigenvalue weighted by atomic mass is 9.88. The van der Waals surface area contributed by atoms with Gasteiger partial charge in [-0.25, -0.2) is 0 Å². The van der Waals surface area contributed by atoms with E-state index in [0.717, 1.165) is 17.7 Å². The second kappa shape index (κ2) is 6.59. The van der Waals surface area contributed by atoms with Gasteiger partial charge in [0.2, 0.25) is 0 Å². The average Bonchev–Trinajstić information content (AvgIpc) is 2.43. The zero-order valence-corrected chi connectivity index (χ0v) is 13.3. The minimum Gasteiger partial charge on any atom is -0.507 e. The molecule has 1 fully saturated rings. The highest BCUT2D eigenvalue weighted by Gasteiger charge is 2.29. The van der Waals surface area contributed by atoms with Gasteiger partial charge < -0.3 is 10.0 Å². The Labute approximate surface area is 123 Å². The van der Waals surface area contributed by atoms with Gasteiger partial charge in [-0.2, -0.15) is 0 Å². The van der Waals surface area contributed by atoms with E-state index in [9.17, 15) is 5.11 Å². The van der Waals surface area contributed by atoms with Gasteiger partial charge in [-0.05, 0) is 46.5 Å². The molecule has 0 amide bonds. The number of rotatable bonds is 4. The fourth-order valence-corrected chi connectivity index (χ4v) is 3.44. The minimum atomic E-state index is 0.455. The summed E-state index contributed by atoms with van der Waals surface area (Å²) in [6.45, 7) is 2.78. The van der Waals surface area contributed by atoms with Gasteiger partial charge >= 0.3 is 0 Å². The van der Waals surface area contributed by atoms with Crippen LogP contribution in [-0.2, 0) is 6.54 Å². The van der Waals surface area contributed by atoms with E-state index in [1.54, 1.807) is 0 Å². The standard InChI is InChI=1S/C17H28N2O/c1-13-8-7-9-14(17(13)20)12-19(4)16-11-6-5-10-15(16)18(2)3/h7-9,15-16,20H,5-6,10-12H2,1-4H3. The third-order valence-corrected chi connectivity index (χ3v) is 4.66. The van der Waals surface area contributed by atoms with Gasteiger partial charge in [0.25, 0.3) is 0 Å². The van der Waals surface area contributed by atoms with Gasteiger partial charge in [0.05, 0.1) is 0 Å². The maximum absolute atomic E-state index is 10.2. The molecule has 20 heavy (non-hydrogen) atoms. The van der Waals surface area contributed by atoms with Crippen LogP contribution in [0.25, 0.3) is 0 Å². The molecule has 2 unspecified atom stereocenters. The van der Waals surface area contributed by atoms with Gasteiger partial charge in [0, 0.05) is 24.2 Å². The average molecular weight is 276 g/mol. The number of para-hydroxylation sites is 1. The molecule has 0 bridgehead atoms. The molecule has 1 aromatic carbocycles. The number of hydrogen-bond donors (Lipinski definition) is 1. The van der Waals surface area contributed by atoms with Gasteiger partial charge in [0.15, 0.2) is 0 Å². The molecule has 1 aliphatic rings. The Morgan fingerprint density at radius 1 is 1.10 bits per heavy atom. The molecule has 0 heterocycles. The number of phenolic OH excluding ortho intramolecular Hbond substituents is 1. The molecule has 0 aliphatic heterocycles. The van der Waals surface area contributed by atoms with E-state index in [0.29, 0.717) is 17.8 Å². The van der Waals surface area contributed by atoms with Crippen molar-refractivity contribution in [3.63, 3.8) is 0 Å². The van der Waals surface area contributed by atoms with E-state index in [4.69, 9.17) is 0 Å². The van der Waals surface area contributed by atoms with Crippen LogP contribution >= 0.6 is 0 Å². The first-order valence-electron chi connectivity index (χ1n) is 7.65. The van der Waals surface area contributed by atoms with Crippen LogP contribution in [0, 0.1) is 6.92 Å². The molecule has 0 spiro atoms. The van der Waals surface area contributed by atoms with Crippen molar-refractivity contribution in [1.82, 2.24) is 9.80 Å². The maximum Gasteiger partial charge on any atom is 0.122 e.